The maximum atomic E-state index is 6.00. The minimum absolute atomic E-state index is 0.324. The molecule has 96 valence electrons. The Labute approximate surface area is 104 Å². The smallest absolute Gasteiger partial charge is 0.108 e. The molecule has 0 amide bonds. The molecule has 2 rings (SSSR count). The molecule has 1 aromatic rings. The van der Waals surface area contributed by atoms with Crippen LogP contribution in [0.5, 0.6) is 0 Å². The molecule has 0 aromatic carbocycles. The number of nitrogens with two attached hydrogens (primary N) is 1. The molecule has 0 fully saturated rings. The maximum absolute atomic E-state index is 6.00. The van der Waals surface area contributed by atoms with E-state index in [2.05, 4.69) is 18.5 Å². The van der Waals surface area contributed by atoms with Crippen molar-refractivity contribution in [2.24, 2.45) is 12.8 Å². The second-order valence-corrected chi connectivity index (χ2v) is 5.29. The van der Waals surface area contributed by atoms with Crippen LogP contribution >= 0.6 is 0 Å². The molecule has 17 heavy (non-hydrogen) atoms. The topological polar surface area (TPSA) is 43.8 Å². The monoisotopic (exact) mass is 235 g/mol. The van der Waals surface area contributed by atoms with Gasteiger partial charge < -0.3 is 10.3 Å². The summed E-state index contributed by atoms with van der Waals surface area (Å²) in [6.45, 7) is 2.25. The van der Waals surface area contributed by atoms with Crippen molar-refractivity contribution in [3.05, 3.63) is 17.2 Å². The lowest BCUT2D eigenvalue weighted by atomic mass is 9.97. The third-order valence-corrected chi connectivity index (χ3v) is 3.85. The number of nitrogens with zero attached hydrogens (tertiary/aromatic N) is 2. The molecule has 1 unspecified atom stereocenters. The molecule has 2 N–H and O–H groups in total. The van der Waals surface area contributed by atoms with Gasteiger partial charge in [-0.15, -0.1) is 0 Å². The van der Waals surface area contributed by atoms with Gasteiger partial charge in [0.2, 0.25) is 0 Å². The molecule has 0 bridgehead atoms. The molecule has 1 atom stereocenters. The normalized spacial score (nSPS) is 19.4. The zero-order valence-electron chi connectivity index (χ0n) is 11.2. The summed E-state index contributed by atoms with van der Waals surface area (Å²) < 4.78 is 2.31. The van der Waals surface area contributed by atoms with Crippen molar-refractivity contribution in [2.45, 2.75) is 64.3 Å². The summed E-state index contributed by atoms with van der Waals surface area (Å²) in [7, 11) is 2.16. The first-order valence-corrected chi connectivity index (χ1v) is 7.01. The molecule has 1 aliphatic carbocycles. The first-order valence-electron chi connectivity index (χ1n) is 7.01. The maximum Gasteiger partial charge on any atom is 0.108 e. The van der Waals surface area contributed by atoms with Gasteiger partial charge in [-0.05, 0) is 19.3 Å². The van der Waals surface area contributed by atoms with Gasteiger partial charge in [0.05, 0.1) is 5.69 Å². The van der Waals surface area contributed by atoms with Crippen LogP contribution in [0.25, 0.3) is 0 Å². The summed E-state index contributed by atoms with van der Waals surface area (Å²) in [5.41, 5.74) is 8.69. The number of hydrogen-bond donors (Lipinski definition) is 1. The van der Waals surface area contributed by atoms with Crippen molar-refractivity contribution in [3.63, 3.8) is 0 Å². The average molecular weight is 235 g/mol. The lowest BCUT2D eigenvalue weighted by Gasteiger charge is -2.17. The fraction of sp³-hybridized carbons (Fsp3) is 0.786. The standard InChI is InChI=1S/C14H25N3/c1-3-4-5-6-7-14-16-12-10-11(15)8-9-13(12)17(14)2/h11H,3-10,15H2,1-2H3. The Bertz CT molecular complexity index is 368. The lowest BCUT2D eigenvalue weighted by molar-refractivity contribution is 0.553. The van der Waals surface area contributed by atoms with Crippen molar-refractivity contribution in [1.82, 2.24) is 9.55 Å². The van der Waals surface area contributed by atoms with Gasteiger partial charge in [-0.1, -0.05) is 26.2 Å². The fourth-order valence-electron chi connectivity index (χ4n) is 2.73. The fourth-order valence-corrected chi connectivity index (χ4v) is 2.73. The molecule has 1 heterocycles. The van der Waals surface area contributed by atoms with E-state index in [1.165, 1.54) is 42.9 Å². The first kappa shape index (κ1) is 12.6. The van der Waals surface area contributed by atoms with Crippen LogP contribution in [0.1, 0.15) is 56.2 Å². The Balaban J connectivity index is 1.99. The molecule has 3 nitrogen and oxygen atoms in total. The van der Waals surface area contributed by atoms with E-state index in [1.54, 1.807) is 0 Å². The van der Waals surface area contributed by atoms with Gasteiger partial charge in [0.1, 0.15) is 5.82 Å². The zero-order chi connectivity index (χ0) is 12.3. The van der Waals surface area contributed by atoms with Gasteiger partial charge in [-0.25, -0.2) is 4.98 Å². The number of imidazole rings is 1. The van der Waals surface area contributed by atoms with Crippen molar-refractivity contribution >= 4 is 0 Å². The Morgan fingerprint density at radius 3 is 2.94 bits per heavy atom. The van der Waals surface area contributed by atoms with Crippen LogP contribution in [0.3, 0.4) is 0 Å². The van der Waals surface area contributed by atoms with Gasteiger partial charge >= 0.3 is 0 Å². The van der Waals surface area contributed by atoms with Gasteiger partial charge in [-0.2, -0.15) is 0 Å². The van der Waals surface area contributed by atoms with Crippen molar-refractivity contribution in [3.8, 4) is 0 Å². The van der Waals surface area contributed by atoms with E-state index in [9.17, 15) is 0 Å². The summed E-state index contributed by atoms with van der Waals surface area (Å²) in [6, 6.07) is 0.324. The molecular weight excluding hydrogens is 210 g/mol. The quantitative estimate of drug-likeness (QED) is 0.796. The van der Waals surface area contributed by atoms with Gasteiger partial charge in [0.25, 0.3) is 0 Å². The third kappa shape index (κ3) is 2.89. The molecule has 1 aromatic heterocycles. The van der Waals surface area contributed by atoms with Crippen LogP contribution in [-0.2, 0) is 26.3 Å². The van der Waals surface area contributed by atoms with Crippen LogP contribution in [0, 0.1) is 0 Å². The van der Waals surface area contributed by atoms with Crippen molar-refractivity contribution in [2.75, 3.05) is 0 Å². The summed E-state index contributed by atoms with van der Waals surface area (Å²) >= 11 is 0. The summed E-state index contributed by atoms with van der Waals surface area (Å²) in [5, 5.41) is 0. The number of aromatic nitrogens is 2. The number of aryl methyl sites for hydroxylation is 1. The Hall–Kier alpha value is -0.830. The van der Waals surface area contributed by atoms with Crippen LogP contribution in [0.4, 0.5) is 0 Å². The third-order valence-electron chi connectivity index (χ3n) is 3.85. The molecule has 0 radical (unpaired) electrons. The average Bonchev–Trinajstić information content (AvgIpc) is 2.61. The summed E-state index contributed by atoms with van der Waals surface area (Å²) in [6.07, 6.45) is 9.55. The zero-order valence-corrected chi connectivity index (χ0v) is 11.2. The molecule has 1 aliphatic rings. The largest absolute Gasteiger partial charge is 0.335 e. The Morgan fingerprint density at radius 2 is 2.18 bits per heavy atom. The van der Waals surface area contributed by atoms with Crippen molar-refractivity contribution in [1.29, 1.82) is 0 Å². The number of unbranched alkanes of at least 4 members (excludes halogenated alkanes) is 3. The van der Waals surface area contributed by atoms with Crippen LogP contribution in [0.2, 0.25) is 0 Å². The SMILES string of the molecule is CCCCCCc1nc2c(n1C)CCC(N)C2. The van der Waals surface area contributed by atoms with E-state index in [0.29, 0.717) is 6.04 Å². The van der Waals surface area contributed by atoms with Gasteiger partial charge in [0, 0.05) is 31.6 Å². The van der Waals surface area contributed by atoms with E-state index >= 15 is 0 Å². The van der Waals surface area contributed by atoms with Crippen LogP contribution < -0.4 is 5.73 Å². The molecule has 0 spiro atoms. The molecule has 0 saturated heterocycles. The summed E-state index contributed by atoms with van der Waals surface area (Å²) in [5.74, 6) is 1.26. The highest BCUT2D eigenvalue weighted by Gasteiger charge is 2.21. The van der Waals surface area contributed by atoms with E-state index in [4.69, 9.17) is 10.7 Å². The molecule has 0 saturated carbocycles. The number of fused-ring (bicyclic) bond motifs is 1. The Morgan fingerprint density at radius 1 is 1.35 bits per heavy atom. The highest BCUT2D eigenvalue weighted by molar-refractivity contribution is 5.21. The summed E-state index contributed by atoms with van der Waals surface area (Å²) in [4.78, 5) is 4.78. The second-order valence-electron chi connectivity index (χ2n) is 5.29. The predicted molar refractivity (Wildman–Crippen MR) is 71.1 cm³/mol. The van der Waals surface area contributed by atoms with E-state index in [0.717, 1.165) is 25.7 Å². The van der Waals surface area contributed by atoms with E-state index < -0.39 is 0 Å². The number of rotatable bonds is 5. The highest BCUT2D eigenvalue weighted by atomic mass is 15.1. The lowest BCUT2D eigenvalue weighted by Crippen LogP contribution is -2.28. The van der Waals surface area contributed by atoms with Crippen LogP contribution in [-0.4, -0.2) is 15.6 Å². The van der Waals surface area contributed by atoms with E-state index in [1.807, 2.05) is 0 Å². The predicted octanol–water partition coefficient (Wildman–Crippen LogP) is 2.36. The Kier molecular flexibility index (Phi) is 4.21. The minimum Gasteiger partial charge on any atom is -0.335 e. The second kappa shape index (κ2) is 5.67. The highest BCUT2D eigenvalue weighted by Crippen LogP contribution is 2.21. The van der Waals surface area contributed by atoms with E-state index in [-0.39, 0.29) is 0 Å². The van der Waals surface area contributed by atoms with Gasteiger partial charge in [-0.3, -0.25) is 0 Å². The van der Waals surface area contributed by atoms with Gasteiger partial charge in [0.15, 0.2) is 0 Å². The first-order chi connectivity index (χ1) is 8.22. The molecular formula is C14H25N3. The molecule has 0 aliphatic heterocycles. The molecule has 3 heteroatoms. The number of hydrogen-bond acceptors (Lipinski definition) is 2. The van der Waals surface area contributed by atoms with Crippen LogP contribution in [0.15, 0.2) is 0 Å². The minimum atomic E-state index is 0.324. The van der Waals surface area contributed by atoms with Crippen molar-refractivity contribution < 1.29 is 0 Å².